The van der Waals surface area contributed by atoms with Crippen LogP contribution in [0.3, 0.4) is 0 Å². The van der Waals surface area contributed by atoms with Gasteiger partial charge in [0.15, 0.2) is 11.5 Å². The number of fused-ring (bicyclic) bond motifs is 1. The maximum absolute atomic E-state index is 12.9. The number of nitrogens with zero attached hydrogens (tertiary/aromatic N) is 4. The van der Waals surface area contributed by atoms with Crippen molar-refractivity contribution < 1.29 is 19.0 Å². The summed E-state index contributed by atoms with van der Waals surface area (Å²) >= 11 is 0. The van der Waals surface area contributed by atoms with Gasteiger partial charge in [0.05, 0.1) is 21.3 Å². The Balaban J connectivity index is 1.41. The number of aryl methyl sites for hydroxylation is 1. The number of hydrogen-bond acceptors (Lipinski definition) is 6. The van der Waals surface area contributed by atoms with E-state index < -0.39 is 0 Å². The molecule has 1 fully saturated rings. The fourth-order valence-corrected chi connectivity index (χ4v) is 3.96. The van der Waals surface area contributed by atoms with Gasteiger partial charge in [0.2, 0.25) is 5.75 Å². The molecule has 0 atom stereocenters. The Kier molecular flexibility index (Phi) is 5.99. The highest BCUT2D eigenvalue weighted by Crippen LogP contribution is 2.38. The number of rotatable bonds is 6. The molecule has 0 spiro atoms. The Labute approximate surface area is 181 Å². The number of hydrogen-bond donors (Lipinski definition) is 0. The first kappa shape index (κ1) is 21.0. The van der Waals surface area contributed by atoms with E-state index in [1.807, 2.05) is 52.9 Å². The molecule has 0 unspecified atom stereocenters. The smallest absolute Gasteiger partial charge is 0.274 e. The van der Waals surface area contributed by atoms with E-state index in [0.717, 1.165) is 36.4 Å². The van der Waals surface area contributed by atoms with Crippen molar-refractivity contribution >= 4 is 11.6 Å². The van der Waals surface area contributed by atoms with Gasteiger partial charge in [-0.2, -0.15) is 0 Å². The lowest BCUT2D eigenvalue weighted by Crippen LogP contribution is -2.48. The largest absolute Gasteiger partial charge is 0.493 e. The molecule has 8 nitrogen and oxygen atoms in total. The second kappa shape index (κ2) is 8.85. The summed E-state index contributed by atoms with van der Waals surface area (Å²) in [6, 6.07) is 7.87. The quantitative estimate of drug-likeness (QED) is 0.606. The molecular formula is C23H28N4O4. The van der Waals surface area contributed by atoms with E-state index in [0.29, 0.717) is 36.0 Å². The molecule has 0 bridgehead atoms. The van der Waals surface area contributed by atoms with Crippen LogP contribution in [0.4, 0.5) is 0 Å². The second-order valence-corrected chi connectivity index (χ2v) is 7.70. The van der Waals surface area contributed by atoms with Crippen LogP contribution < -0.4 is 14.2 Å². The number of pyridine rings is 1. The number of carbonyl (C=O) groups is 1. The summed E-state index contributed by atoms with van der Waals surface area (Å²) in [5, 5.41) is 0. The molecule has 1 aliphatic heterocycles. The van der Waals surface area contributed by atoms with Gasteiger partial charge >= 0.3 is 0 Å². The molecule has 3 aromatic rings. The zero-order chi connectivity index (χ0) is 22.0. The minimum Gasteiger partial charge on any atom is -0.493 e. The number of ether oxygens (including phenoxy) is 3. The second-order valence-electron chi connectivity index (χ2n) is 7.70. The van der Waals surface area contributed by atoms with Crippen molar-refractivity contribution in [3.8, 4) is 17.2 Å². The summed E-state index contributed by atoms with van der Waals surface area (Å²) < 4.78 is 18.2. The zero-order valence-corrected chi connectivity index (χ0v) is 18.4. The minimum absolute atomic E-state index is 0.0196. The topological polar surface area (TPSA) is 68.5 Å². The van der Waals surface area contributed by atoms with Gasteiger partial charge in [-0.05, 0) is 36.2 Å². The van der Waals surface area contributed by atoms with Crippen LogP contribution in [0.2, 0.25) is 0 Å². The van der Waals surface area contributed by atoms with E-state index >= 15 is 0 Å². The van der Waals surface area contributed by atoms with Crippen LogP contribution in [-0.2, 0) is 6.54 Å². The molecule has 164 valence electrons. The maximum atomic E-state index is 12.9. The van der Waals surface area contributed by atoms with Crippen molar-refractivity contribution in [1.82, 2.24) is 19.2 Å². The normalized spacial score (nSPS) is 14.6. The molecule has 1 aliphatic rings. The molecule has 0 aliphatic carbocycles. The van der Waals surface area contributed by atoms with Gasteiger partial charge in [0, 0.05) is 45.1 Å². The number of methoxy groups -OCH3 is 3. The Morgan fingerprint density at radius 3 is 2.26 bits per heavy atom. The summed E-state index contributed by atoms with van der Waals surface area (Å²) in [7, 11) is 4.83. The van der Waals surface area contributed by atoms with Gasteiger partial charge in [-0.1, -0.05) is 6.07 Å². The lowest BCUT2D eigenvalue weighted by molar-refractivity contribution is 0.0623. The van der Waals surface area contributed by atoms with Crippen LogP contribution >= 0.6 is 0 Å². The van der Waals surface area contributed by atoms with E-state index in [4.69, 9.17) is 14.2 Å². The Morgan fingerprint density at radius 1 is 0.968 bits per heavy atom. The summed E-state index contributed by atoms with van der Waals surface area (Å²) in [4.78, 5) is 21.6. The van der Waals surface area contributed by atoms with E-state index in [1.165, 1.54) is 0 Å². The van der Waals surface area contributed by atoms with Crippen molar-refractivity contribution in [2.75, 3.05) is 47.5 Å². The van der Waals surface area contributed by atoms with Crippen LogP contribution in [-0.4, -0.2) is 72.6 Å². The fourth-order valence-electron chi connectivity index (χ4n) is 3.96. The van der Waals surface area contributed by atoms with Crippen LogP contribution in [0.1, 0.15) is 21.6 Å². The zero-order valence-electron chi connectivity index (χ0n) is 18.4. The van der Waals surface area contributed by atoms with E-state index in [-0.39, 0.29) is 5.91 Å². The third kappa shape index (κ3) is 4.29. The summed E-state index contributed by atoms with van der Waals surface area (Å²) in [5.41, 5.74) is 3.48. The summed E-state index contributed by atoms with van der Waals surface area (Å²) in [6.45, 7) is 5.66. The lowest BCUT2D eigenvalue weighted by atomic mass is 10.1. The third-order valence-corrected chi connectivity index (χ3v) is 5.61. The van der Waals surface area contributed by atoms with Crippen molar-refractivity contribution in [1.29, 1.82) is 0 Å². The summed E-state index contributed by atoms with van der Waals surface area (Å²) in [6.07, 6.45) is 3.79. The van der Waals surface area contributed by atoms with Crippen LogP contribution in [0.5, 0.6) is 17.2 Å². The first-order valence-corrected chi connectivity index (χ1v) is 10.3. The van der Waals surface area contributed by atoms with Crippen LogP contribution in [0.15, 0.2) is 36.7 Å². The number of amides is 1. The average Bonchev–Trinajstić information content (AvgIpc) is 3.21. The minimum atomic E-state index is -0.0196. The SMILES string of the molecule is COc1cc(CN2CCN(C(=O)c3cn4cc(C)ccc4n3)CC2)cc(OC)c1OC. The number of imidazole rings is 1. The predicted octanol–water partition coefficient (Wildman–Crippen LogP) is 2.63. The molecule has 3 heterocycles. The third-order valence-electron chi connectivity index (χ3n) is 5.61. The first-order chi connectivity index (χ1) is 15.0. The van der Waals surface area contributed by atoms with E-state index in [1.54, 1.807) is 21.3 Å². The fraction of sp³-hybridized carbons (Fsp3) is 0.391. The molecule has 1 amide bonds. The molecule has 0 radical (unpaired) electrons. The van der Waals surface area contributed by atoms with Crippen molar-refractivity contribution in [2.45, 2.75) is 13.5 Å². The van der Waals surface area contributed by atoms with E-state index in [2.05, 4.69) is 9.88 Å². The molecule has 0 N–H and O–H groups in total. The first-order valence-electron chi connectivity index (χ1n) is 10.3. The lowest BCUT2D eigenvalue weighted by Gasteiger charge is -2.34. The van der Waals surface area contributed by atoms with Gasteiger partial charge in [0.25, 0.3) is 5.91 Å². The van der Waals surface area contributed by atoms with E-state index in [9.17, 15) is 4.79 Å². The highest BCUT2D eigenvalue weighted by molar-refractivity contribution is 5.93. The Morgan fingerprint density at radius 2 is 1.65 bits per heavy atom. The predicted molar refractivity (Wildman–Crippen MR) is 117 cm³/mol. The maximum Gasteiger partial charge on any atom is 0.274 e. The average molecular weight is 425 g/mol. The van der Waals surface area contributed by atoms with Gasteiger partial charge in [0.1, 0.15) is 11.3 Å². The monoisotopic (exact) mass is 424 g/mol. The highest BCUT2D eigenvalue weighted by atomic mass is 16.5. The van der Waals surface area contributed by atoms with Crippen molar-refractivity contribution in [2.24, 2.45) is 0 Å². The number of aromatic nitrogens is 2. The number of carbonyl (C=O) groups excluding carboxylic acids is 1. The standard InChI is InChI=1S/C23H28N4O4/c1-16-5-6-21-24-18(15-27(21)13-16)23(28)26-9-7-25(8-10-26)14-17-11-19(29-2)22(31-4)20(12-17)30-3/h5-6,11-13,15H,7-10,14H2,1-4H3. The highest BCUT2D eigenvalue weighted by Gasteiger charge is 2.24. The van der Waals surface area contributed by atoms with Crippen LogP contribution in [0.25, 0.3) is 5.65 Å². The number of piperazine rings is 1. The molecule has 4 rings (SSSR count). The molecule has 0 saturated carbocycles. The molecule has 2 aromatic heterocycles. The van der Waals surface area contributed by atoms with Gasteiger partial charge in [-0.3, -0.25) is 9.69 Å². The molecular weight excluding hydrogens is 396 g/mol. The molecule has 8 heteroatoms. The molecule has 1 aromatic carbocycles. The Bertz CT molecular complexity index is 1060. The molecule has 31 heavy (non-hydrogen) atoms. The van der Waals surface area contributed by atoms with Crippen molar-refractivity contribution in [3.63, 3.8) is 0 Å². The van der Waals surface area contributed by atoms with Gasteiger partial charge in [-0.15, -0.1) is 0 Å². The Hall–Kier alpha value is -3.26. The van der Waals surface area contributed by atoms with Crippen molar-refractivity contribution in [3.05, 3.63) is 53.5 Å². The van der Waals surface area contributed by atoms with Gasteiger partial charge < -0.3 is 23.5 Å². The van der Waals surface area contributed by atoms with Gasteiger partial charge in [-0.25, -0.2) is 4.98 Å². The summed E-state index contributed by atoms with van der Waals surface area (Å²) in [5.74, 6) is 1.86. The molecule has 1 saturated heterocycles. The number of benzene rings is 1. The van der Waals surface area contributed by atoms with Crippen LogP contribution in [0, 0.1) is 6.92 Å².